The van der Waals surface area contributed by atoms with E-state index >= 15 is 0 Å². The number of fused-ring (bicyclic) bond motifs is 1. The Kier molecular flexibility index (Phi) is 5.64. The summed E-state index contributed by atoms with van der Waals surface area (Å²) >= 11 is 15.4. The molecule has 1 heterocycles. The molecule has 2 aromatic carbocycles. The zero-order chi connectivity index (χ0) is 18.0. The molecule has 0 saturated heterocycles. The van der Waals surface area contributed by atoms with E-state index in [1.54, 1.807) is 18.2 Å². The summed E-state index contributed by atoms with van der Waals surface area (Å²) in [5.74, 6) is -0.564. The largest absolute Gasteiger partial charge is 0.330 e. The van der Waals surface area contributed by atoms with Gasteiger partial charge in [0.05, 0.1) is 21.5 Å². The molecule has 0 fully saturated rings. The Morgan fingerprint density at radius 1 is 1.24 bits per heavy atom. The second-order valence-corrected chi connectivity index (χ2v) is 7.17. The number of carbonyl (C=O) groups is 1. The van der Waals surface area contributed by atoms with Crippen molar-refractivity contribution in [3.05, 3.63) is 56.6 Å². The van der Waals surface area contributed by atoms with Gasteiger partial charge in [0.2, 0.25) is 5.91 Å². The highest BCUT2D eigenvalue weighted by Gasteiger charge is 2.21. The number of nitrogens with two attached hydrogens (primary N) is 1. The second-order valence-electron chi connectivity index (χ2n) is 5.56. The Morgan fingerprint density at radius 3 is 2.76 bits per heavy atom. The van der Waals surface area contributed by atoms with Crippen LogP contribution in [-0.4, -0.2) is 22.6 Å². The fraction of sp³-hybridized carbons (Fsp3) is 0.176. The summed E-state index contributed by atoms with van der Waals surface area (Å²) in [5, 5.41) is 11.7. The summed E-state index contributed by atoms with van der Waals surface area (Å²) in [4.78, 5) is 12.8. The number of hydrogen-bond acceptors (Lipinski definition) is 3. The topological polar surface area (TPSA) is 83.8 Å². The number of nitrogens with zero attached hydrogens (tertiary/aromatic N) is 1. The minimum atomic E-state index is -0.414. The molecule has 3 aromatic rings. The molecule has 0 bridgehead atoms. The monoisotopic (exact) mass is 440 g/mol. The Bertz CT molecular complexity index is 928. The molecule has 0 aliphatic heterocycles. The molecule has 0 aliphatic rings. The van der Waals surface area contributed by atoms with Crippen molar-refractivity contribution in [3.8, 4) is 0 Å². The Morgan fingerprint density at radius 2 is 2.04 bits per heavy atom. The van der Waals surface area contributed by atoms with Gasteiger partial charge in [-0.25, -0.2) is 0 Å². The van der Waals surface area contributed by atoms with Gasteiger partial charge in [0.25, 0.3) is 0 Å². The van der Waals surface area contributed by atoms with Gasteiger partial charge in [-0.1, -0.05) is 29.3 Å². The van der Waals surface area contributed by atoms with E-state index in [0.29, 0.717) is 28.7 Å². The molecular formula is C17H15BrCl2N4O. The number of H-pyrrole nitrogens is 1. The summed E-state index contributed by atoms with van der Waals surface area (Å²) in [6.07, 6.45) is 0.501. The molecular weight excluding hydrogens is 427 g/mol. The number of aromatic amines is 1. The van der Waals surface area contributed by atoms with Crippen molar-refractivity contribution in [2.24, 2.45) is 5.73 Å². The molecule has 1 aromatic heterocycles. The van der Waals surface area contributed by atoms with Crippen LogP contribution >= 0.6 is 39.1 Å². The highest BCUT2D eigenvalue weighted by atomic mass is 79.9. The second kappa shape index (κ2) is 7.74. The Labute approximate surface area is 163 Å². The molecule has 1 unspecified atom stereocenters. The molecule has 5 nitrogen and oxygen atoms in total. The quantitative estimate of drug-likeness (QED) is 0.536. The third-order valence-corrected chi connectivity index (χ3v) is 5.24. The van der Waals surface area contributed by atoms with Crippen molar-refractivity contribution >= 4 is 61.6 Å². The van der Waals surface area contributed by atoms with Crippen LogP contribution in [0, 0.1) is 0 Å². The number of anilines is 1. The first-order valence-corrected chi connectivity index (χ1v) is 9.14. The first-order valence-electron chi connectivity index (χ1n) is 7.59. The average molecular weight is 442 g/mol. The Balaban J connectivity index is 1.86. The van der Waals surface area contributed by atoms with Gasteiger partial charge in [-0.15, -0.1) is 0 Å². The number of amides is 1. The lowest BCUT2D eigenvalue weighted by molar-refractivity contribution is -0.117. The highest BCUT2D eigenvalue weighted by Crippen LogP contribution is 2.30. The summed E-state index contributed by atoms with van der Waals surface area (Å²) in [6.45, 7) is 0.380. The summed E-state index contributed by atoms with van der Waals surface area (Å²) < 4.78 is 0.765. The van der Waals surface area contributed by atoms with E-state index in [4.69, 9.17) is 28.9 Å². The molecule has 1 atom stereocenters. The van der Waals surface area contributed by atoms with Crippen LogP contribution in [0.15, 0.2) is 41.0 Å². The molecule has 130 valence electrons. The third kappa shape index (κ3) is 3.98. The predicted octanol–water partition coefficient (Wildman–Crippen LogP) is 4.70. The number of nitrogens with one attached hydrogen (secondary N) is 2. The predicted molar refractivity (Wildman–Crippen MR) is 105 cm³/mol. The van der Waals surface area contributed by atoms with E-state index < -0.39 is 5.92 Å². The van der Waals surface area contributed by atoms with E-state index in [1.807, 2.05) is 18.2 Å². The first-order chi connectivity index (χ1) is 12.0. The first kappa shape index (κ1) is 18.2. The molecule has 0 saturated carbocycles. The lowest BCUT2D eigenvalue weighted by Gasteiger charge is -2.17. The number of halogens is 3. The maximum absolute atomic E-state index is 12.8. The SMILES string of the molecule is NCCC(C(=O)Nc1ccc2n[nH]c(Br)c2c1)c1ccc(Cl)c(Cl)c1. The number of carbonyl (C=O) groups excluding carboxylic acids is 1. The van der Waals surface area contributed by atoms with Gasteiger partial charge < -0.3 is 11.1 Å². The summed E-state index contributed by atoms with van der Waals surface area (Å²) in [7, 11) is 0. The van der Waals surface area contributed by atoms with Gasteiger partial charge in [-0.3, -0.25) is 9.89 Å². The molecule has 4 N–H and O–H groups in total. The van der Waals surface area contributed by atoms with Crippen molar-refractivity contribution in [1.29, 1.82) is 0 Å². The normalized spacial score (nSPS) is 12.3. The lowest BCUT2D eigenvalue weighted by atomic mass is 9.94. The van der Waals surface area contributed by atoms with Gasteiger partial charge in [-0.05, 0) is 64.8 Å². The maximum atomic E-state index is 12.8. The van der Waals surface area contributed by atoms with Gasteiger partial charge in [0.1, 0.15) is 4.60 Å². The van der Waals surface area contributed by atoms with E-state index in [1.165, 1.54) is 0 Å². The number of hydrogen-bond donors (Lipinski definition) is 3. The molecule has 1 amide bonds. The summed E-state index contributed by atoms with van der Waals surface area (Å²) in [5.41, 5.74) is 7.96. The third-order valence-electron chi connectivity index (χ3n) is 3.89. The molecule has 0 aliphatic carbocycles. The van der Waals surface area contributed by atoms with Crippen LogP contribution in [0.25, 0.3) is 10.9 Å². The molecule has 8 heteroatoms. The standard InChI is InChI=1S/C17H15BrCl2N4O/c18-16-12-8-10(2-4-15(12)23-24-16)22-17(25)11(5-6-21)9-1-3-13(19)14(20)7-9/h1-4,7-8,11H,5-6,21H2,(H,22,25)(H,23,24). The zero-order valence-corrected chi connectivity index (χ0v) is 16.1. The van der Waals surface area contributed by atoms with Crippen LogP contribution in [0.2, 0.25) is 10.0 Å². The Hall–Kier alpha value is -1.60. The van der Waals surface area contributed by atoms with Crippen LogP contribution in [0.1, 0.15) is 17.9 Å². The van der Waals surface area contributed by atoms with Crippen LogP contribution in [0.5, 0.6) is 0 Å². The van der Waals surface area contributed by atoms with E-state index in [9.17, 15) is 4.79 Å². The van der Waals surface area contributed by atoms with Gasteiger partial charge in [-0.2, -0.15) is 5.10 Å². The minimum Gasteiger partial charge on any atom is -0.330 e. The van der Waals surface area contributed by atoms with Gasteiger partial charge in [0, 0.05) is 11.1 Å². The van der Waals surface area contributed by atoms with Crippen molar-refractivity contribution in [2.75, 3.05) is 11.9 Å². The van der Waals surface area contributed by atoms with Crippen LogP contribution < -0.4 is 11.1 Å². The number of aromatic nitrogens is 2. The number of benzene rings is 2. The highest BCUT2D eigenvalue weighted by molar-refractivity contribution is 9.10. The smallest absolute Gasteiger partial charge is 0.231 e. The van der Waals surface area contributed by atoms with Crippen LogP contribution in [0.3, 0.4) is 0 Å². The molecule has 3 rings (SSSR count). The average Bonchev–Trinajstić information content (AvgIpc) is 2.96. The fourth-order valence-electron chi connectivity index (χ4n) is 2.63. The molecule has 25 heavy (non-hydrogen) atoms. The van der Waals surface area contributed by atoms with Crippen LogP contribution in [0.4, 0.5) is 5.69 Å². The lowest BCUT2D eigenvalue weighted by Crippen LogP contribution is -2.23. The van der Waals surface area contributed by atoms with Crippen molar-refractivity contribution < 1.29 is 4.79 Å². The van der Waals surface area contributed by atoms with Gasteiger partial charge in [0.15, 0.2) is 0 Å². The van der Waals surface area contributed by atoms with Gasteiger partial charge >= 0.3 is 0 Å². The minimum absolute atomic E-state index is 0.150. The number of rotatable bonds is 5. The van der Waals surface area contributed by atoms with Crippen molar-refractivity contribution in [3.63, 3.8) is 0 Å². The van der Waals surface area contributed by atoms with Crippen molar-refractivity contribution in [2.45, 2.75) is 12.3 Å². The van der Waals surface area contributed by atoms with E-state index in [-0.39, 0.29) is 5.91 Å². The van der Waals surface area contributed by atoms with E-state index in [0.717, 1.165) is 21.1 Å². The molecule has 0 radical (unpaired) electrons. The van der Waals surface area contributed by atoms with Crippen LogP contribution in [-0.2, 0) is 4.79 Å². The van der Waals surface area contributed by atoms with Crippen molar-refractivity contribution in [1.82, 2.24) is 10.2 Å². The maximum Gasteiger partial charge on any atom is 0.231 e. The van der Waals surface area contributed by atoms with E-state index in [2.05, 4.69) is 31.4 Å². The molecule has 0 spiro atoms. The zero-order valence-electron chi connectivity index (χ0n) is 13.0. The fourth-order valence-corrected chi connectivity index (χ4v) is 3.34. The summed E-state index contributed by atoms with van der Waals surface area (Å²) in [6, 6.07) is 10.7.